The van der Waals surface area contributed by atoms with Crippen molar-refractivity contribution < 1.29 is 9.53 Å². The Morgan fingerprint density at radius 1 is 1.27 bits per heavy atom. The molecule has 0 aliphatic carbocycles. The summed E-state index contributed by atoms with van der Waals surface area (Å²) in [5, 5.41) is 4.33. The van der Waals surface area contributed by atoms with E-state index in [1.165, 1.54) is 0 Å². The molecule has 148 valence electrons. The number of hydrogen-bond donors (Lipinski definition) is 1. The van der Waals surface area contributed by atoms with Crippen molar-refractivity contribution in [3.8, 4) is 0 Å². The van der Waals surface area contributed by atoms with Crippen molar-refractivity contribution in [2.45, 2.75) is 44.7 Å². The number of hydrogen-bond acceptors (Lipinski definition) is 5. The SMILES string of the molecule is Cc1cc(C(=O)N2CCC(N(CCN)C3CCOCC3)CC2)nn1C.Cl. The lowest BCUT2D eigenvalue weighted by Gasteiger charge is -2.43. The number of carbonyl (C=O) groups excluding carboxylic acids is 1. The van der Waals surface area contributed by atoms with E-state index < -0.39 is 0 Å². The molecule has 26 heavy (non-hydrogen) atoms. The number of carbonyl (C=O) groups is 1. The first-order valence-corrected chi connectivity index (χ1v) is 9.43. The predicted molar refractivity (Wildman–Crippen MR) is 104 cm³/mol. The van der Waals surface area contributed by atoms with Crippen LogP contribution in [0.3, 0.4) is 0 Å². The maximum atomic E-state index is 12.7. The van der Waals surface area contributed by atoms with Gasteiger partial charge in [0.1, 0.15) is 0 Å². The highest BCUT2D eigenvalue weighted by Gasteiger charge is 2.32. The number of ether oxygens (including phenoxy) is 1. The number of piperidine rings is 1. The molecule has 0 atom stereocenters. The zero-order valence-electron chi connectivity index (χ0n) is 15.9. The van der Waals surface area contributed by atoms with E-state index in [0.717, 1.165) is 64.2 Å². The summed E-state index contributed by atoms with van der Waals surface area (Å²) >= 11 is 0. The molecule has 2 saturated heterocycles. The molecule has 2 aliphatic heterocycles. The minimum atomic E-state index is 0. The molecular formula is C18H32ClN5O2. The van der Waals surface area contributed by atoms with E-state index >= 15 is 0 Å². The Morgan fingerprint density at radius 3 is 2.42 bits per heavy atom. The Hall–Kier alpha value is -1.15. The molecule has 3 rings (SSSR count). The lowest BCUT2D eigenvalue weighted by Crippen LogP contribution is -2.52. The zero-order chi connectivity index (χ0) is 17.8. The third-order valence-corrected chi connectivity index (χ3v) is 5.60. The van der Waals surface area contributed by atoms with E-state index in [1.54, 1.807) is 4.68 Å². The van der Waals surface area contributed by atoms with Crippen LogP contribution in [0.2, 0.25) is 0 Å². The normalized spacial score (nSPS) is 19.6. The van der Waals surface area contributed by atoms with E-state index in [0.29, 0.717) is 24.3 Å². The molecule has 2 aliphatic rings. The number of halogens is 1. The molecule has 2 N–H and O–H groups in total. The molecular weight excluding hydrogens is 354 g/mol. The van der Waals surface area contributed by atoms with Gasteiger partial charge in [-0.05, 0) is 38.7 Å². The fraction of sp³-hybridized carbons (Fsp3) is 0.778. The lowest BCUT2D eigenvalue weighted by molar-refractivity contribution is 0.00410. The summed E-state index contributed by atoms with van der Waals surface area (Å²) in [6.07, 6.45) is 4.20. The molecule has 0 radical (unpaired) electrons. The third-order valence-electron chi connectivity index (χ3n) is 5.60. The smallest absolute Gasteiger partial charge is 0.274 e. The first-order chi connectivity index (χ1) is 12.1. The number of nitrogens with zero attached hydrogens (tertiary/aromatic N) is 4. The van der Waals surface area contributed by atoms with Gasteiger partial charge in [-0.15, -0.1) is 12.4 Å². The third kappa shape index (κ3) is 4.76. The Morgan fingerprint density at radius 2 is 1.88 bits per heavy atom. The van der Waals surface area contributed by atoms with Crippen molar-refractivity contribution in [2.75, 3.05) is 39.4 Å². The Balaban J connectivity index is 0.00000243. The molecule has 0 unspecified atom stereocenters. The fourth-order valence-electron chi connectivity index (χ4n) is 4.06. The van der Waals surface area contributed by atoms with Gasteiger partial charge in [0.2, 0.25) is 0 Å². The second-order valence-corrected chi connectivity index (χ2v) is 7.19. The second-order valence-electron chi connectivity index (χ2n) is 7.19. The van der Waals surface area contributed by atoms with Crippen LogP contribution in [0, 0.1) is 6.92 Å². The minimum Gasteiger partial charge on any atom is -0.381 e. The lowest BCUT2D eigenvalue weighted by atomic mass is 9.97. The molecule has 2 fully saturated rings. The van der Waals surface area contributed by atoms with Crippen LogP contribution < -0.4 is 5.73 Å². The van der Waals surface area contributed by atoms with Crippen molar-refractivity contribution in [3.63, 3.8) is 0 Å². The summed E-state index contributed by atoms with van der Waals surface area (Å²) in [5.74, 6) is 0.0543. The number of rotatable bonds is 5. The standard InChI is InChI=1S/C18H31N5O2.ClH/c1-14-13-17(20-21(14)2)18(24)22-8-3-15(4-9-22)23(10-7-19)16-5-11-25-12-6-16;/h13,15-16H,3-12,19H2,1-2H3;1H. The van der Waals surface area contributed by atoms with Crippen molar-refractivity contribution in [2.24, 2.45) is 12.8 Å². The van der Waals surface area contributed by atoms with Gasteiger partial charge in [0.25, 0.3) is 5.91 Å². The molecule has 1 amide bonds. The monoisotopic (exact) mass is 385 g/mol. The molecule has 0 saturated carbocycles. The van der Waals surface area contributed by atoms with Crippen LogP contribution >= 0.6 is 12.4 Å². The molecule has 3 heterocycles. The average molecular weight is 386 g/mol. The quantitative estimate of drug-likeness (QED) is 0.824. The maximum absolute atomic E-state index is 12.7. The average Bonchev–Trinajstić information content (AvgIpc) is 2.99. The highest BCUT2D eigenvalue weighted by molar-refractivity contribution is 5.92. The van der Waals surface area contributed by atoms with Crippen LogP contribution in [0.4, 0.5) is 0 Å². The zero-order valence-corrected chi connectivity index (χ0v) is 16.7. The van der Waals surface area contributed by atoms with Gasteiger partial charge in [0, 0.05) is 64.2 Å². The van der Waals surface area contributed by atoms with Gasteiger partial charge in [-0.2, -0.15) is 5.10 Å². The number of aryl methyl sites for hydroxylation is 2. The molecule has 1 aromatic rings. The Bertz CT molecular complexity index is 561. The molecule has 0 spiro atoms. The van der Waals surface area contributed by atoms with Crippen molar-refractivity contribution in [3.05, 3.63) is 17.5 Å². The van der Waals surface area contributed by atoms with Gasteiger partial charge in [-0.25, -0.2) is 0 Å². The van der Waals surface area contributed by atoms with E-state index in [4.69, 9.17) is 10.5 Å². The van der Waals surface area contributed by atoms with Crippen molar-refractivity contribution in [1.29, 1.82) is 0 Å². The summed E-state index contributed by atoms with van der Waals surface area (Å²) < 4.78 is 7.26. The van der Waals surface area contributed by atoms with Crippen LogP contribution in [-0.4, -0.2) is 77.0 Å². The Labute approximate surface area is 162 Å². The van der Waals surface area contributed by atoms with Gasteiger partial charge in [0.05, 0.1) is 0 Å². The minimum absolute atomic E-state index is 0. The van der Waals surface area contributed by atoms with Crippen LogP contribution in [0.5, 0.6) is 0 Å². The summed E-state index contributed by atoms with van der Waals surface area (Å²) in [6.45, 7) is 6.87. The van der Waals surface area contributed by atoms with E-state index in [9.17, 15) is 4.79 Å². The molecule has 1 aromatic heterocycles. The first kappa shape index (κ1) is 21.2. The summed E-state index contributed by atoms with van der Waals surface area (Å²) in [7, 11) is 1.87. The first-order valence-electron chi connectivity index (χ1n) is 9.43. The highest BCUT2D eigenvalue weighted by atomic mass is 35.5. The van der Waals surface area contributed by atoms with Crippen LogP contribution in [0.1, 0.15) is 41.9 Å². The van der Waals surface area contributed by atoms with Gasteiger partial charge in [0.15, 0.2) is 5.69 Å². The van der Waals surface area contributed by atoms with E-state index in [-0.39, 0.29) is 18.3 Å². The molecule has 8 heteroatoms. The summed E-state index contributed by atoms with van der Waals surface area (Å²) in [5.41, 5.74) is 7.43. The number of aromatic nitrogens is 2. The largest absolute Gasteiger partial charge is 0.381 e. The van der Waals surface area contributed by atoms with Crippen LogP contribution in [0.25, 0.3) is 0 Å². The topological polar surface area (TPSA) is 76.6 Å². The number of nitrogens with two attached hydrogens (primary N) is 1. The van der Waals surface area contributed by atoms with Crippen LogP contribution in [-0.2, 0) is 11.8 Å². The number of amides is 1. The van der Waals surface area contributed by atoms with Gasteiger partial charge in [-0.1, -0.05) is 0 Å². The molecule has 7 nitrogen and oxygen atoms in total. The Kier molecular flexibility index (Phi) is 7.88. The summed E-state index contributed by atoms with van der Waals surface area (Å²) in [4.78, 5) is 17.2. The van der Waals surface area contributed by atoms with Gasteiger partial charge < -0.3 is 15.4 Å². The van der Waals surface area contributed by atoms with Gasteiger partial charge in [-0.3, -0.25) is 14.4 Å². The van der Waals surface area contributed by atoms with Crippen LogP contribution in [0.15, 0.2) is 6.07 Å². The predicted octanol–water partition coefficient (Wildman–Crippen LogP) is 1.19. The van der Waals surface area contributed by atoms with E-state index in [1.807, 2.05) is 24.9 Å². The molecule has 0 aromatic carbocycles. The summed E-state index contributed by atoms with van der Waals surface area (Å²) in [6, 6.07) is 2.96. The highest BCUT2D eigenvalue weighted by Crippen LogP contribution is 2.24. The van der Waals surface area contributed by atoms with Crippen molar-refractivity contribution in [1.82, 2.24) is 19.6 Å². The second kappa shape index (κ2) is 9.69. The van der Waals surface area contributed by atoms with Gasteiger partial charge >= 0.3 is 0 Å². The molecule has 0 bridgehead atoms. The number of likely N-dealkylation sites (tertiary alicyclic amines) is 1. The van der Waals surface area contributed by atoms with Crippen molar-refractivity contribution >= 4 is 18.3 Å². The van der Waals surface area contributed by atoms with E-state index in [2.05, 4.69) is 10.00 Å². The fourth-order valence-corrected chi connectivity index (χ4v) is 4.06. The maximum Gasteiger partial charge on any atom is 0.274 e.